The SMILES string of the molecule is CCC(C)Oc1ccccc1.O=S. The fourth-order valence-corrected chi connectivity index (χ4v) is 0.815. The predicted molar refractivity (Wildman–Crippen MR) is 55.0 cm³/mol. The number of benzene rings is 1. The summed E-state index contributed by atoms with van der Waals surface area (Å²) in [6, 6.07) is 9.91. The first kappa shape index (κ1) is 12.0. The molecule has 0 N–H and O–H groups in total. The van der Waals surface area contributed by atoms with E-state index in [1.54, 1.807) is 0 Å². The molecule has 0 saturated heterocycles. The molecule has 0 heterocycles. The van der Waals surface area contributed by atoms with Crippen molar-refractivity contribution in [3.05, 3.63) is 30.3 Å². The Balaban J connectivity index is 0.000000671. The summed E-state index contributed by atoms with van der Waals surface area (Å²) < 4.78 is 13.4. The van der Waals surface area contributed by atoms with Crippen LogP contribution in [0.3, 0.4) is 0 Å². The summed E-state index contributed by atoms with van der Waals surface area (Å²) in [5.74, 6) is 0.960. The fraction of sp³-hybridized carbons (Fsp3) is 0.400. The zero-order valence-electron chi connectivity index (χ0n) is 7.90. The Morgan fingerprint density at radius 3 is 2.31 bits per heavy atom. The molecule has 0 bridgehead atoms. The number of hydrogen-bond donors (Lipinski definition) is 0. The minimum Gasteiger partial charge on any atom is -0.491 e. The van der Waals surface area contributed by atoms with Gasteiger partial charge in [0.05, 0.1) is 6.10 Å². The van der Waals surface area contributed by atoms with Crippen molar-refractivity contribution >= 4 is 12.5 Å². The molecular formula is C10H14O2S. The van der Waals surface area contributed by atoms with Gasteiger partial charge in [0, 0.05) is 0 Å². The van der Waals surface area contributed by atoms with Crippen LogP contribution in [0.2, 0.25) is 0 Å². The van der Waals surface area contributed by atoms with Gasteiger partial charge in [-0.1, -0.05) is 25.1 Å². The maximum absolute atomic E-state index is 7.83. The second-order valence-corrected chi connectivity index (χ2v) is 2.65. The molecule has 0 aliphatic heterocycles. The van der Waals surface area contributed by atoms with E-state index in [4.69, 9.17) is 8.95 Å². The minimum atomic E-state index is 0.317. The van der Waals surface area contributed by atoms with Gasteiger partial charge in [-0.15, -0.1) is 0 Å². The second kappa shape index (κ2) is 7.68. The molecule has 72 valence electrons. The highest BCUT2D eigenvalue weighted by molar-refractivity contribution is 7.44. The lowest BCUT2D eigenvalue weighted by molar-refractivity contribution is 0.217. The molecule has 1 aromatic rings. The minimum absolute atomic E-state index is 0.317. The summed E-state index contributed by atoms with van der Waals surface area (Å²) in [5, 5.41) is 0. The van der Waals surface area contributed by atoms with E-state index in [1.807, 2.05) is 30.3 Å². The molecule has 0 radical (unpaired) electrons. The molecule has 1 atom stereocenters. The highest BCUT2D eigenvalue weighted by atomic mass is 32.1. The quantitative estimate of drug-likeness (QED) is 0.746. The van der Waals surface area contributed by atoms with E-state index in [-0.39, 0.29) is 0 Å². The van der Waals surface area contributed by atoms with Gasteiger partial charge in [-0.25, -0.2) is 0 Å². The van der Waals surface area contributed by atoms with Gasteiger partial charge in [0.25, 0.3) is 0 Å². The summed E-state index contributed by atoms with van der Waals surface area (Å²) in [6.07, 6.45) is 1.37. The maximum atomic E-state index is 7.83. The van der Waals surface area contributed by atoms with Crippen molar-refractivity contribution in [2.45, 2.75) is 26.4 Å². The Morgan fingerprint density at radius 2 is 1.85 bits per heavy atom. The number of ether oxygens (including phenoxy) is 1. The molecule has 0 aromatic heterocycles. The number of rotatable bonds is 3. The third kappa shape index (κ3) is 5.31. The highest BCUT2D eigenvalue weighted by Crippen LogP contribution is 2.11. The molecule has 1 rings (SSSR count). The third-order valence-electron chi connectivity index (χ3n) is 1.66. The Labute approximate surface area is 84.4 Å². The van der Waals surface area contributed by atoms with E-state index in [1.165, 1.54) is 0 Å². The van der Waals surface area contributed by atoms with Crippen LogP contribution < -0.4 is 4.74 Å². The van der Waals surface area contributed by atoms with Gasteiger partial charge >= 0.3 is 0 Å². The van der Waals surface area contributed by atoms with E-state index in [9.17, 15) is 0 Å². The standard InChI is InChI=1S/C10H14O.OS/c1-3-9(2)11-10-7-5-4-6-8-10;1-2/h4-9H,3H2,1-2H3;. The number of hydrogen-bond acceptors (Lipinski definition) is 3. The fourth-order valence-electron chi connectivity index (χ4n) is 0.815. The van der Waals surface area contributed by atoms with Crippen molar-refractivity contribution in [2.75, 3.05) is 0 Å². The van der Waals surface area contributed by atoms with Crippen LogP contribution in [0.5, 0.6) is 5.75 Å². The first-order chi connectivity index (χ1) is 6.33. The van der Waals surface area contributed by atoms with E-state index in [2.05, 4.69) is 26.4 Å². The lowest BCUT2D eigenvalue weighted by Gasteiger charge is -2.11. The average molecular weight is 198 g/mol. The first-order valence-electron chi connectivity index (χ1n) is 4.21. The molecule has 0 spiro atoms. The van der Waals surface area contributed by atoms with Gasteiger partial charge in [-0.3, -0.25) is 0 Å². The highest BCUT2D eigenvalue weighted by Gasteiger charge is 1.97. The lowest BCUT2D eigenvalue weighted by atomic mass is 10.3. The van der Waals surface area contributed by atoms with Crippen molar-refractivity contribution in [3.63, 3.8) is 0 Å². The van der Waals surface area contributed by atoms with Crippen LogP contribution in [0.25, 0.3) is 0 Å². The Bertz CT molecular complexity index is 213. The smallest absolute Gasteiger partial charge is 0.197 e. The van der Waals surface area contributed by atoms with Crippen LogP contribution >= 0.6 is 0 Å². The average Bonchev–Trinajstić information content (AvgIpc) is 2.22. The molecule has 0 aliphatic rings. The maximum Gasteiger partial charge on any atom is 0.197 e. The van der Waals surface area contributed by atoms with E-state index in [0.717, 1.165) is 12.2 Å². The summed E-state index contributed by atoms with van der Waals surface area (Å²) in [7, 11) is 0. The van der Waals surface area contributed by atoms with Crippen molar-refractivity contribution in [1.82, 2.24) is 0 Å². The molecule has 0 saturated carbocycles. The third-order valence-corrected chi connectivity index (χ3v) is 1.66. The van der Waals surface area contributed by atoms with Gasteiger partial charge < -0.3 is 4.74 Å². The van der Waals surface area contributed by atoms with E-state index in [0.29, 0.717) is 6.10 Å². The largest absolute Gasteiger partial charge is 0.491 e. The zero-order chi connectivity index (χ0) is 10.1. The van der Waals surface area contributed by atoms with Gasteiger partial charge in [0.1, 0.15) is 5.75 Å². The molecule has 2 nitrogen and oxygen atoms in total. The van der Waals surface area contributed by atoms with E-state index >= 15 is 0 Å². The Kier molecular flexibility index (Phi) is 7.11. The lowest BCUT2D eigenvalue weighted by Crippen LogP contribution is -2.09. The molecule has 13 heavy (non-hydrogen) atoms. The van der Waals surface area contributed by atoms with Crippen molar-refractivity contribution in [2.24, 2.45) is 0 Å². The summed E-state index contributed by atoms with van der Waals surface area (Å²) >= 11 is 2.83. The molecule has 0 amide bonds. The van der Waals surface area contributed by atoms with Crippen LogP contribution in [-0.4, -0.2) is 10.3 Å². The molecule has 1 unspecified atom stereocenters. The van der Waals surface area contributed by atoms with E-state index < -0.39 is 0 Å². The van der Waals surface area contributed by atoms with Crippen molar-refractivity contribution in [1.29, 1.82) is 0 Å². The summed E-state index contributed by atoms with van der Waals surface area (Å²) in [4.78, 5) is 0. The summed E-state index contributed by atoms with van der Waals surface area (Å²) in [6.45, 7) is 4.20. The van der Waals surface area contributed by atoms with Crippen LogP contribution in [0.4, 0.5) is 0 Å². The molecular weight excluding hydrogens is 184 g/mol. The summed E-state index contributed by atoms with van der Waals surface area (Å²) in [5.41, 5.74) is 0. The number of para-hydroxylation sites is 1. The van der Waals surface area contributed by atoms with Crippen LogP contribution in [0, 0.1) is 0 Å². The van der Waals surface area contributed by atoms with Gasteiger partial charge in [-0.05, 0) is 25.5 Å². The zero-order valence-corrected chi connectivity index (χ0v) is 8.71. The molecule has 1 aromatic carbocycles. The van der Waals surface area contributed by atoms with Crippen molar-refractivity contribution in [3.8, 4) is 5.75 Å². The molecule has 0 aliphatic carbocycles. The van der Waals surface area contributed by atoms with Gasteiger partial charge in [0.15, 0.2) is 12.5 Å². The molecule has 3 heteroatoms. The van der Waals surface area contributed by atoms with Gasteiger partial charge in [-0.2, -0.15) is 4.21 Å². The normalized spacial score (nSPS) is 10.9. The van der Waals surface area contributed by atoms with Gasteiger partial charge in [0.2, 0.25) is 0 Å². The Morgan fingerprint density at radius 1 is 1.31 bits per heavy atom. The first-order valence-corrected chi connectivity index (χ1v) is 4.54. The predicted octanol–water partition coefficient (Wildman–Crippen LogP) is 2.53. The Hall–Kier alpha value is -0.960. The van der Waals surface area contributed by atoms with Crippen LogP contribution in [0.1, 0.15) is 20.3 Å². The monoisotopic (exact) mass is 198 g/mol. The molecule has 0 fully saturated rings. The van der Waals surface area contributed by atoms with Crippen LogP contribution in [-0.2, 0) is 12.5 Å². The second-order valence-electron chi connectivity index (χ2n) is 2.65. The van der Waals surface area contributed by atoms with Crippen molar-refractivity contribution < 1.29 is 8.95 Å². The topological polar surface area (TPSA) is 26.3 Å². The van der Waals surface area contributed by atoms with Crippen LogP contribution in [0.15, 0.2) is 30.3 Å².